The van der Waals surface area contributed by atoms with E-state index in [1.807, 2.05) is 0 Å². The fraction of sp³-hybridized carbons (Fsp3) is 0.316. The number of benzene rings is 1. The zero-order valence-electron chi connectivity index (χ0n) is 14.9. The van der Waals surface area contributed by atoms with Crippen molar-refractivity contribution in [2.75, 3.05) is 11.9 Å². The predicted molar refractivity (Wildman–Crippen MR) is 95.7 cm³/mol. The molecule has 1 aliphatic rings. The first kappa shape index (κ1) is 19.3. The van der Waals surface area contributed by atoms with Crippen LogP contribution in [0.3, 0.4) is 0 Å². The second-order valence-corrected chi connectivity index (χ2v) is 7.03. The van der Waals surface area contributed by atoms with Gasteiger partial charge in [0, 0.05) is 24.3 Å². The van der Waals surface area contributed by atoms with Crippen molar-refractivity contribution >= 4 is 22.5 Å². The molecule has 1 aromatic carbocycles. The first-order valence-corrected chi connectivity index (χ1v) is 8.89. The quantitative estimate of drug-likeness (QED) is 0.644. The van der Waals surface area contributed by atoms with Crippen molar-refractivity contribution in [1.82, 2.24) is 14.8 Å². The van der Waals surface area contributed by atoms with Gasteiger partial charge in [0.15, 0.2) is 0 Å². The summed E-state index contributed by atoms with van der Waals surface area (Å²) >= 11 is 0. The summed E-state index contributed by atoms with van der Waals surface area (Å²) in [7, 11) is 0. The van der Waals surface area contributed by atoms with E-state index in [1.165, 1.54) is 6.07 Å². The minimum atomic E-state index is -4.69. The molecule has 29 heavy (non-hydrogen) atoms. The highest BCUT2D eigenvalue weighted by molar-refractivity contribution is 6.03. The summed E-state index contributed by atoms with van der Waals surface area (Å²) < 4.78 is 54.4. The summed E-state index contributed by atoms with van der Waals surface area (Å²) in [6, 6.07) is 5.58. The summed E-state index contributed by atoms with van der Waals surface area (Å²) in [5.74, 6) is -1.48. The maximum Gasteiger partial charge on any atom is 0.433 e. The number of aliphatic hydroxyl groups is 1. The third-order valence-corrected chi connectivity index (χ3v) is 4.97. The summed E-state index contributed by atoms with van der Waals surface area (Å²) in [5, 5.41) is 16.3. The lowest BCUT2D eigenvalue weighted by Gasteiger charge is -2.33. The number of hydrogen-bond acceptors (Lipinski definition) is 4. The molecule has 152 valence electrons. The molecule has 0 radical (unpaired) electrons. The highest BCUT2D eigenvalue weighted by Gasteiger charge is 2.33. The zero-order chi connectivity index (χ0) is 20.8. The highest BCUT2D eigenvalue weighted by Crippen LogP contribution is 2.38. The lowest BCUT2D eigenvalue weighted by molar-refractivity contribution is -0.141. The molecule has 0 atom stereocenters. The minimum absolute atomic E-state index is 0.117. The van der Waals surface area contributed by atoms with Gasteiger partial charge in [-0.2, -0.15) is 18.3 Å². The predicted octanol–water partition coefficient (Wildman–Crippen LogP) is 3.78. The summed E-state index contributed by atoms with van der Waals surface area (Å²) in [5.41, 5.74) is -1.46. The van der Waals surface area contributed by atoms with Crippen LogP contribution in [0.25, 0.3) is 10.9 Å². The van der Waals surface area contributed by atoms with E-state index in [2.05, 4.69) is 15.4 Å². The van der Waals surface area contributed by atoms with Crippen LogP contribution < -0.4 is 5.32 Å². The number of carbonyl (C=O) groups excluding carboxylic acids is 1. The van der Waals surface area contributed by atoms with Gasteiger partial charge in [-0.1, -0.05) is 6.07 Å². The molecule has 3 aromatic rings. The normalized spacial score (nSPS) is 19.2. The van der Waals surface area contributed by atoms with Crippen LogP contribution in [0.4, 0.5) is 23.2 Å². The second kappa shape index (κ2) is 7.11. The van der Waals surface area contributed by atoms with Gasteiger partial charge >= 0.3 is 6.18 Å². The molecule has 10 heteroatoms. The lowest BCUT2D eigenvalue weighted by atomic mass is 9.81. The molecule has 2 N–H and O–H groups in total. The summed E-state index contributed by atoms with van der Waals surface area (Å²) in [6.07, 6.45) is -1.42. The fourth-order valence-corrected chi connectivity index (χ4v) is 3.32. The first-order valence-electron chi connectivity index (χ1n) is 8.89. The van der Waals surface area contributed by atoms with Crippen LogP contribution >= 0.6 is 0 Å². The molecule has 1 aliphatic carbocycles. The van der Waals surface area contributed by atoms with Gasteiger partial charge in [-0.15, -0.1) is 0 Å². The maximum absolute atomic E-state index is 14.4. The molecular weight excluding hydrogens is 392 g/mol. The number of nitrogens with one attached hydrogen (secondary N) is 1. The Morgan fingerprint density at radius 2 is 2.03 bits per heavy atom. The number of carbonyl (C=O) groups is 1. The number of halogens is 4. The number of nitrogens with zero attached hydrogens (tertiary/aromatic N) is 3. The summed E-state index contributed by atoms with van der Waals surface area (Å²) in [6.45, 7) is 0.117. The number of aliphatic hydroxyl groups excluding tert-OH is 1. The van der Waals surface area contributed by atoms with Gasteiger partial charge in [-0.05, 0) is 37.0 Å². The van der Waals surface area contributed by atoms with Crippen molar-refractivity contribution in [2.45, 2.75) is 25.1 Å². The van der Waals surface area contributed by atoms with Gasteiger partial charge in [-0.25, -0.2) is 9.37 Å². The lowest BCUT2D eigenvalue weighted by Crippen LogP contribution is -2.29. The molecule has 0 bridgehead atoms. The molecule has 0 aliphatic heterocycles. The largest absolute Gasteiger partial charge is 0.433 e. The number of alkyl halides is 3. The second-order valence-electron chi connectivity index (χ2n) is 7.03. The molecular formula is C19H16F4N4O2. The van der Waals surface area contributed by atoms with Crippen molar-refractivity contribution in [2.24, 2.45) is 5.92 Å². The third kappa shape index (κ3) is 3.80. The Morgan fingerprint density at radius 3 is 2.72 bits per heavy atom. The Bertz CT molecular complexity index is 1070. The number of hydrogen-bond donors (Lipinski definition) is 2. The molecule has 2 aromatic heterocycles. The Balaban J connectivity index is 1.56. The van der Waals surface area contributed by atoms with E-state index in [1.54, 1.807) is 10.9 Å². The number of aromatic nitrogens is 3. The van der Waals surface area contributed by atoms with E-state index in [-0.39, 0.29) is 24.3 Å². The molecule has 1 fully saturated rings. The van der Waals surface area contributed by atoms with E-state index >= 15 is 0 Å². The Hall–Kier alpha value is -3.01. The first-order chi connectivity index (χ1) is 13.7. The van der Waals surface area contributed by atoms with Crippen LogP contribution in [0, 0.1) is 11.7 Å². The average molecular weight is 408 g/mol. The van der Waals surface area contributed by atoms with E-state index in [0.717, 1.165) is 37.1 Å². The Labute approximate surface area is 162 Å². The van der Waals surface area contributed by atoms with Crippen LogP contribution in [-0.4, -0.2) is 32.4 Å². The van der Waals surface area contributed by atoms with Crippen LogP contribution in [0.5, 0.6) is 0 Å². The maximum atomic E-state index is 14.4. The molecule has 1 saturated carbocycles. The molecule has 0 spiro atoms. The number of fused-ring (bicyclic) bond motifs is 1. The monoisotopic (exact) mass is 408 g/mol. The molecule has 0 unspecified atom stereocenters. The smallest absolute Gasteiger partial charge is 0.396 e. The summed E-state index contributed by atoms with van der Waals surface area (Å²) in [4.78, 5) is 15.6. The van der Waals surface area contributed by atoms with Gasteiger partial charge in [0.1, 0.15) is 17.2 Å². The van der Waals surface area contributed by atoms with Crippen molar-refractivity contribution in [3.8, 4) is 0 Å². The number of pyridine rings is 1. The van der Waals surface area contributed by atoms with E-state index in [9.17, 15) is 22.4 Å². The topological polar surface area (TPSA) is 80.0 Å². The number of amides is 1. The SMILES string of the molecule is O=C(Nc1cc2cn([C@H]3C[C@H](CO)C3)nc2cc1F)c1cccc(C(F)(F)F)n1. The van der Waals surface area contributed by atoms with Crippen molar-refractivity contribution in [1.29, 1.82) is 0 Å². The number of rotatable bonds is 4. The van der Waals surface area contributed by atoms with Crippen LogP contribution in [-0.2, 0) is 6.18 Å². The molecule has 1 amide bonds. The van der Waals surface area contributed by atoms with Crippen LogP contribution in [0.1, 0.15) is 35.1 Å². The van der Waals surface area contributed by atoms with Gasteiger partial charge in [0.05, 0.1) is 17.2 Å². The van der Waals surface area contributed by atoms with Crippen LogP contribution in [0.2, 0.25) is 0 Å². The van der Waals surface area contributed by atoms with E-state index in [0.29, 0.717) is 10.9 Å². The van der Waals surface area contributed by atoms with Gasteiger partial charge in [0.25, 0.3) is 5.91 Å². The average Bonchev–Trinajstić information content (AvgIpc) is 3.02. The number of anilines is 1. The van der Waals surface area contributed by atoms with E-state index < -0.39 is 29.3 Å². The standard InChI is InChI=1S/C19H16F4N4O2/c20-13-7-15-11(8-27(26-15)12-4-10(5-12)9-28)6-16(13)25-18(29)14-2-1-3-17(24-14)19(21,22)23/h1-3,6-8,10,12,28H,4-5,9H2,(H,25,29)/t10-,12-. The van der Waals surface area contributed by atoms with Gasteiger partial charge in [-0.3, -0.25) is 9.48 Å². The fourth-order valence-electron chi connectivity index (χ4n) is 3.32. The zero-order valence-corrected chi connectivity index (χ0v) is 14.9. The molecule has 0 saturated heterocycles. The van der Waals surface area contributed by atoms with Crippen LogP contribution in [0.15, 0.2) is 36.5 Å². The molecule has 6 nitrogen and oxygen atoms in total. The molecule has 4 rings (SSSR count). The Morgan fingerprint density at radius 1 is 1.28 bits per heavy atom. The minimum Gasteiger partial charge on any atom is -0.396 e. The Kier molecular flexibility index (Phi) is 4.73. The van der Waals surface area contributed by atoms with Crippen molar-refractivity contribution in [3.05, 3.63) is 53.7 Å². The highest BCUT2D eigenvalue weighted by atomic mass is 19.4. The third-order valence-electron chi connectivity index (χ3n) is 4.97. The van der Waals surface area contributed by atoms with Gasteiger partial charge < -0.3 is 10.4 Å². The molecule has 2 heterocycles. The van der Waals surface area contributed by atoms with Crippen molar-refractivity contribution < 1.29 is 27.5 Å². The van der Waals surface area contributed by atoms with Crippen molar-refractivity contribution in [3.63, 3.8) is 0 Å². The van der Waals surface area contributed by atoms with E-state index in [4.69, 9.17) is 5.11 Å². The van der Waals surface area contributed by atoms with Gasteiger partial charge in [0.2, 0.25) is 0 Å².